The Balaban J connectivity index is 0.000000396. The van der Waals surface area contributed by atoms with E-state index in [1.54, 1.807) is 0 Å². The minimum atomic E-state index is -5.08. The Kier molecular flexibility index (Phi) is 8.06. The van der Waals surface area contributed by atoms with Gasteiger partial charge in [0, 0.05) is 30.7 Å². The van der Waals surface area contributed by atoms with Gasteiger partial charge in [0.1, 0.15) is 0 Å². The lowest BCUT2D eigenvalue weighted by Crippen LogP contribution is -2.56. The number of amides is 1. The Morgan fingerprint density at radius 1 is 1.17 bits per heavy atom. The molecule has 30 heavy (non-hydrogen) atoms. The molecule has 3 rings (SSSR count). The van der Waals surface area contributed by atoms with Gasteiger partial charge in [0.15, 0.2) is 0 Å². The number of carbonyl (C=O) groups excluding carboxylic acids is 1. The lowest BCUT2D eigenvalue weighted by molar-refractivity contribution is -0.192. The smallest absolute Gasteiger partial charge is 0.475 e. The van der Waals surface area contributed by atoms with E-state index in [0.717, 1.165) is 44.6 Å². The number of piperidine rings is 1. The topological polar surface area (TPSA) is 60.9 Å². The maximum atomic E-state index is 12.9. The number of carboxylic acid groups (broad SMARTS) is 1. The van der Waals surface area contributed by atoms with Gasteiger partial charge in [0.05, 0.1) is 0 Å². The van der Waals surface area contributed by atoms with Crippen molar-refractivity contribution < 1.29 is 27.9 Å². The van der Waals surface area contributed by atoms with Gasteiger partial charge in [-0.05, 0) is 56.3 Å². The van der Waals surface area contributed by atoms with Crippen molar-refractivity contribution in [1.29, 1.82) is 0 Å². The van der Waals surface area contributed by atoms with Crippen molar-refractivity contribution in [3.8, 4) is 0 Å². The molecule has 1 atom stereocenters. The van der Waals surface area contributed by atoms with E-state index in [1.807, 2.05) is 18.2 Å². The predicted molar refractivity (Wildman–Crippen MR) is 108 cm³/mol. The van der Waals surface area contributed by atoms with Crippen LogP contribution in [0.15, 0.2) is 36.9 Å². The summed E-state index contributed by atoms with van der Waals surface area (Å²) in [5, 5.41) is 7.12. The molecule has 1 aromatic carbocycles. The molecule has 0 bridgehead atoms. The molecule has 166 valence electrons. The highest BCUT2D eigenvalue weighted by Gasteiger charge is 2.44. The van der Waals surface area contributed by atoms with Crippen molar-refractivity contribution >= 4 is 11.9 Å². The number of carboxylic acids is 1. The standard InChI is InChI=1S/C20H28N2O.C2HF3O2/c1-3-13-22-15-6-12-20(22)11-5-14-21(16-20)19(23)18-9-7-17(4-2)8-10-18;3-2(4,5)1(6)7/h3,7-10H,1,4-6,11-16H2,2H3;(H,6,7). The fourth-order valence-electron chi connectivity index (χ4n) is 4.25. The van der Waals surface area contributed by atoms with Crippen LogP contribution in [0.25, 0.3) is 0 Å². The maximum absolute atomic E-state index is 12.9. The third kappa shape index (κ3) is 5.84. The van der Waals surface area contributed by atoms with Crippen LogP contribution in [0.4, 0.5) is 13.2 Å². The Bertz CT molecular complexity index is 749. The second-order valence-corrected chi connectivity index (χ2v) is 7.75. The second-order valence-electron chi connectivity index (χ2n) is 7.75. The summed E-state index contributed by atoms with van der Waals surface area (Å²) in [5.74, 6) is -2.57. The zero-order valence-corrected chi connectivity index (χ0v) is 17.2. The summed E-state index contributed by atoms with van der Waals surface area (Å²) in [5.41, 5.74) is 2.29. The van der Waals surface area contributed by atoms with Crippen LogP contribution >= 0.6 is 0 Å². The Hall–Kier alpha value is -2.35. The number of hydrogen-bond acceptors (Lipinski definition) is 3. The Morgan fingerprint density at radius 3 is 2.23 bits per heavy atom. The van der Waals surface area contributed by atoms with Crippen LogP contribution in [-0.2, 0) is 11.2 Å². The molecule has 0 aliphatic carbocycles. The summed E-state index contributed by atoms with van der Waals surface area (Å²) < 4.78 is 31.7. The lowest BCUT2D eigenvalue weighted by atomic mass is 9.86. The van der Waals surface area contributed by atoms with E-state index in [-0.39, 0.29) is 11.4 Å². The zero-order valence-electron chi connectivity index (χ0n) is 17.2. The number of aliphatic carboxylic acids is 1. The average Bonchev–Trinajstić information content (AvgIpc) is 3.09. The van der Waals surface area contributed by atoms with Crippen molar-refractivity contribution in [3.63, 3.8) is 0 Å². The van der Waals surface area contributed by atoms with Crippen LogP contribution in [-0.4, -0.2) is 64.7 Å². The summed E-state index contributed by atoms with van der Waals surface area (Å²) >= 11 is 0. The van der Waals surface area contributed by atoms with E-state index in [4.69, 9.17) is 9.90 Å². The molecule has 1 aromatic rings. The van der Waals surface area contributed by atoms with Gasteiger partial charge in [-0.2, -0.15) is 13.2 Å². The predicted octanol–water partition coefficient (Wildman–Crippen LogP) is 4.14. The minimum Gasteiger partial charge on any atom is -0.475 e. The first kappa shape index (κ1) is 23.9. The summed E-state index contributed by atoms with van der Waals surface area (Å²) in [6.07, 6.45) is 2.68. The number of hydrogen-bond donors (Lipinski definition) is 1. The van der Waals surface area contributed by atoms with E-state index in [0.29, 0.717) is 0 Å². The van der Waals surface area contributed by atoms with Gasteiger partial charge in [-0.1, -0.05) is 25.1 Å². The number of carbonyl (C=O) groups is 2. The summed E-state index contributed by atoms with van der Waals surface area (Å²) in [7, 11) is 0. The van der Waals surface area contributed by atoms with Crippen LogP contribution in [0.3, 0.4) is 0 Å². The van der Waals surface area contributed by atoms with Gasteiger partial charge in [0.25, 0.3) is 5.91 Å². The van der Waals surface area contributed by atoms with E-state index in [2.05, 4.69) is 35.4 Å². The van der Waals surface area contributed by atoms with Crippen LogP contribution in [0.1, 0.15) is 48.5 Å². The van der Waals surface area contributed by atoms with Crippen molar-refractivity contribution in [3.05, 3.63) is 48.0 Å². The summed E-state index contributed by atoms with van der Waals surface area (Å²) in [4.78, 5) is 26.4. The molecule has 2 aliphatic rings. The van der Waals surface area contributed by atoms with Crippen LogP contribution in [0.5, 0.6) is 0 Å². The number of alkyl halides is 3. The molecular weight excluding hydrogens is 397 g/mol. The summed E-state index contributed by atoms with van der Waals surface area (Å²) in [6, 6.07) is 8.12. The molecule has 1 amide bonds. The Labute approximate surface area is 175 Å². The van der Waals surface area contributed by atoms with Gasteiger partial charge in [-0.3, -0.25) is 9.69 Å². The van der Waals surface area contributed by atoms with Crippen LogP contribution in [0, 0.1) is 0 Å². The van der Waals surface area contributed by atoms with Crippen molar-refractivity contribution in [2.24, 2.45) is 0 Å². The first-order valence-corrected chi connectivity index (χ1v) is 10.2. The van der Waals surface area contributed by atoms with E-state index >= 15 is 0 Å². The van der Waals surface area contributed by atoms with Gasteiger partial charge >= 0.3 is 12.1 Å². The minimum absolute atomic E-state index is 0.186. The van der Waals surface area contributed by atoms with Gasteiger partial charge in [-0.15, -0.1) is 6.58 Å². The molecule has 8 heteroatoms. The highest BCUT2D eigenvalue weighted by molar-refractivity contribution is 5.94. The van der Waals surface area contributed by atoms with Gasteiger partial charge in [-0.25, -0.2) is 4.79 Å². The van der Waals surface area contributed by atoms with E-state index < -0.39 is 12.1 Å². The molecule has 2 aliphatic heterocycles. The highest BCUT2D eigenvalue weighted by Crippen LogP contribution is 2.37. The molecule has 1 unspecified atom stereocenters. The number of aryl methyl sites for hydroxylation is 1. The van der Waals surface area contributed by atoms with Crippen molar-refractivity contribution in [2.75, 3.05) is 26.2 Å². The molecule has 0 saturated carbocycles. The molecule has 1 N–H and O–H groups in total. The van der Waals surface area contributed by atoms with Crippen molar-refractivity contribution in [1.82, 2.24) is 9.80 Å². The number of nitrogens with zero attached hydrogens (tertiary/aromatic N) is 2. The first-order chi connectivity index (χ1) is 14.1. The third-order valence-electron chi connectivity index (χ3n) is 5.78. The zero-order chi connectivity index (χ0) is 22.4. The molecule has 1 spiro atoms. The van der Waals surface area contributed by atoms with E-state index in [9.17, 15) is 18.0 Å². The number of rotatable bonds is 4. The third-order valence-corrected chi connectivity index (χ3v) is 5.78. The van der Waals surface area contributed by atoms with Gasteiger partial charge in [0.2, 0.25) is 0 Å². The normalized spacial score (nSPS) is 21.8. The molecule has 2 fully saturated rings. The quantitative estimate of drug-likeness (QED) is 0.736. The SMILES string of the molecule is C=CCN1CCCC12CCCN(C(=O)c1ccc(CC)cc1)C2.O=C(O)C(F)(F)F. The van der Waals surface area contributed by atoms with Crippen LogP contribution < -0.4 is 0 Å². The monoisotopic (exact) mass is 426 g/mol. The molecule has 5 nitrogen and oxygen atoms in total. The molecule has 0 aromatic heterocycles. The molecule has 2 saturated heterocycles. The molecule has 0 radical (unpaired) electrons. The average molecular weight is 426 g/mol. The number of halogens is 3. The van der Waals surface area contributed by atoms with Gasteiger partial charge < -0.3 is 10.0 Å². The molecule has 2 heterocycles. The maximum Gasteiger partial charge on any atom is 0.490 e. The largest absolute Gasteiger partial charge is 0.490 e. The van der Waals surface area contributed by atoms with Crippen molar-refractivity contribution in [2.45, 2.75) is 50.7 Å². The van der Waals surface area contributed by atoms with E-state index in [1.165, 1.54) is 24.8 Å². The number of likely N-dealkylation sites (tertiary alicyclic amines) is 2. The number of benzene rings is 1. The summed E-state index contributed by atoms with van der Waals surface area (Å²) in [6.45, 7) is 9.87. The first-order valence-electron chi connectivity index (χ1n) is 10.2. The molecular formula is C22H29F3N2O3. The lowest BCUT2D eigenvalue weighted by Gasteiger charge is -2.45. The second kappa shape index (κ2) is 10.1. The Morgan fingerprint density at radius 2 is 1.73 bits per heavy atom. The van der Waals surface area contributed by atoms with Crippen LogP contribution in [0.2, 0.25) is 0 Å². The highest BCUT2D eigenvalue weighted by atomic mass is 19.4. The fraction of sp³-hybridized carbons (Fsp3) is 0.545. The fourth-order valence-corrected chi connectivity index (χ4v) is 4.25.